The first-order valence-electron chi connectivity index (χ1n) is 5.17. The highest BCUT2D eigenvalue weighted by Crippen LogP contribution is 2.29. The number of nitrogens with zero attached hydrogens (tertiary/aromatic N) is 3. The number of nitrogens with two attached hydrogens (primary N) is 1. The van der Waals surface area contributed by atoms with Gasteiger partial charge in [-0.2, -0.15) is 0 Å². The van der Waals surface area contributed by atoms with E-state index in [2.05, 4.69) is 20.9 Å². The molecule has 7 nitrogen and oxygen atoms in total. The van der Waals surface area contributed by atoms with E-state index < -0.39 is 10.8 Å². The zero-order valence-electron chi connectivity index (χ0n) is 9.96. The van der Waals surface area contributed by atoms with Gasteiger partial charge in [0.15, 0.2) is 0 Å². The van der Waals surface area contributed by atoms with Crippen molar-refractivity contribution in [2.45, 2.75) is 19.9 Å². The summed E-state index contributed by atoms with van der Waals surface area (Å²) < 4.78 is 0.501. The lowest BCUT2D eigenvalue weighted by molar-refractivity contribution is -0.384. The van der Waals surface area contributed by atoms with Crippen molar-refractivity contribution in [2.24, 2.45) is 5.73 Å². The minimum atomic E-state index is -0.567. The van der Waals surface area contributed by atoms with Crippen molar-refractivity contribution in [3.63, 3.8) is 0 Å². The van der Waals surface area contributed by atoms with Crippen molar-refractivity contribution in [3.8, 4) is 0 Å². The van der Waals surface area contributed by atoms with Crippen LogP contribution in [0.2, 0.25) is 0 Å². The Labute approximate surface area is 112 Å². The van der Waals surface area contributed by atoms with Crippen LogP contribution in [0.5, 0.6) is 0 Å². The molecule has 0 atom stereocenters. The number of anilines is 1. The number of halogens is 1. The number of nitro groups is 1. The lowest BCUT2D eigenvalue weighted by atomic mass is 10.2. The monoisotopic (exact) mass is 316 g/mol. The summed E-state index contributed by atoms with van der Waals surface area (Å²) in [6, 6.07) is 1.21. The highest BCUT2D eigenvalue weighted by molar-refractivity contribution is 9.10. The molecule has 1 rings (SSSR count). The molecule has 2 N–H and O–H groups in total. The lowest BCUT2D eigenvalue weighted by Crippen LogP contribution is -2.39. The van der Waals surface area contributed by atoms with Crippen LogP contribution >= 0.6 is 15.9 Å². The molecule has 0 spiro atoms. The average molecular weight is 317 g/mol. The second-order valence-electron chi connectivity index (χ2n) is 3.94. The Balaban J connectivity index is 3.27. The van der Waals surface area contributed by atoms with Gasteiger partial charge in [0.1, 0.15) is 0 Å². The van der Waals surface area contributed by atoms with Gasteiger partial charge in [-0.15, -0.1) is 0 Å². The Morgan fingerprint density at radius 2 is 2.28 bits per heavy atom. The molecule has 0 radical (unpaired) electrons. The van der Waals surface area contributed by atoms with E-state index in [1.54, 1.807) is 13.8 Å². The van der Waals surface area contributed by atoms with E-state index in [0.717, 1.165) is 0 Å². The predicted molar refractivity (Wildman–Crippen MR) is 70.3 cm³/mol. The zero-order valence-corrected chi connectivity index (χ0v) is 11.5. The molecule has 18 heavy (non-hydrogen) atoms. The van der Waals surface area contributed by atoms with Crippen LogP contribution in [0.3, 0.4) is 0 Å². The molecule has 0 saturated heterocycles. The van der Waals surface area contributed by atoms with E-state index in [0.29, 0.717) is 4.47 Å². The van der Waals surface area contributed by atoms with Crippen molar-refractivity contribution in [2.75, 3.05) is 11.4 Å². The number of aromatic nitrogens is 1. The van der Waals surface area contributed by atoms with Gasteiger partial charge in [0.2, 0.25) is 11.7 Å². The first kappa shape index (κ1) is 14.4. The molecule has 98 valence electrons. The van der Waals surface area contributed by atoms with Gasteiger partial charge in [-0.25, -0.2) is 4.98 Å². The van der Waals surface area contributed by atoms with Crippen LogP contribution in [-0.4, -0.2) is 28.4 Å². The van der Waals surface area contributed by atoms with Crippen LogP contribution in [0.1, 0.15) is 13.8 Å². The SMILES string of the molecule is CC(C)N(CC(N)=O)c1ncc(Br)cc1[N+](=O)[O-]. The lowest BCUT2D eigenvalue weighted by Gasteiger charge is -2.25. The van der Waals surface area contributed by atoms with E-state index in [9.17, 15) is 14.9 Å². The second kappa shape index (κ2) is 5.76. The third-order valence-corrected chi connectivity index (χ3v) is 2.67. The second-order valence-corrected chi connectivity index (χ2v) is 4.86. The molecule has 1 amide bonds. The van der Waals surface area contributed by atoms with Gasteiger partial charge in [0.25, 0.3) is 0 Å². The quantitative estimate of drug-likeness (QED) is 0.654. The summed E-state index contributed by atoms with van der Waals surface area (Å²) in [5, 5.41) is 11.0. The number of hydrogen-bond acceptors (Lipinski definition) is 5. The Morgan fingerprint density at radius 3 is 2.72 bits per heavy atom. The number of primary amides is 1. The molecule has 0 fully saturated rings. The van der Waals surface area contributed by atoms with Crippen molar-refractivity contribution in [1.82, 2.24) is 4.98 Å². The van der Waals surface area contributed by atoms with Crippen molar-refractivity contribution < 1.29 is 9.72 Å². The van der Waals surface area contributed by atoms with Gasteiger partial charge in [0.05, 0.1) is 11.5 Å². The molecule has 1 aromatic heterocycles. The summed E-state index contributed by atoms with van der Waals surface area (Å²) in [4.78, 5) is 27.0. The Hall–Kier alpha value is -1.70. The number of carbonyl (C=O) groups is 1. The molecule has 0 aliphatic rings. The minimum Gasteiger partial charge on any atom is -0.368 e. The molecule has 0 aliphatic carbocycles. The highest BCUT2D eigenvalue weighted by Gasteiger charge is 2.24. The van der Waals surface area contributed by atoms with Crippen LogP contribution in [-0.2, 0) is 4.79 Å². The molecule has 0 aliphatic heterocycles. The van der Waals surface area contributed by atoms with Crippen LogP contribution in [0.4, 0.5) is 11.5 Å². The highest BCUT2D eigenvalue weighted by atomic mass is 79.9. The zero-order chi connectivity index (χ0) is 13.9. The molecular formula is C10H13BrN4O3. The summed E-state index contributed by atoms with van der Waals surface area (Å²) >= 11 is 3.12. The molecule has 0 unspecified atom stereocenters. The summed E-state index contributed by atoms with van der Waals surface area (Å²) in [6.45, 7) is 3.49. The Kier molecular flexibility index (Phi) is 4.60. The Morgan fingerprint density at radius 1 is 1.67 bits per heavy atom. The number of carbonyl (C=O) groups excluding carboxylic acids is 1. The number of hydrogen-bond donors (Lipinski definition) is 1. The molecule has 0 bridgehead atoms. The van der Waals surface area contributed by atoms with E-state index in [-0.39, 0.29) is 24.1 Å². The van der Waals surface area contributed by atoms with Gasteiger partial charge in [-0.3, -0.25) is 14.9 Å². The fourth-order valence-electron chi connectivity index (χ4n) is 1.45. The van der Waals surface area contributed by atoms with Crippen LogP contribution in [0, 0.1) is 10.1 Å². The van der Waals surface area contributed by atoms with E-state index in [4.69, 9.17) is 5.73 Å². The van der Waals surface area contributed by atoms with Crippen molar-refractivity contribution >= 4 is 33.3 Å². The topological polar surface area (TPSA) is 102 Å². The van der Waals surface area contributed by atoms with Crippen molar-refractivity contribution in [3.05, 3.63) is 26.9 Å². The average Bonchev–Trinajstić information content (AvgIpc) is 2.25. The summed E-state index contributed by atoms with van der Waals surface area (Å²) in [6.07, 6.45) is 1.44. The number of rotatable bonds is 5. The number of amides is 1. The molecule has 1 heterocycles. The van der Waals surface area contributed by atoms with Gasteiger partial charge in [0, 0.05) is 22.8 Å². The normalized spacial score (nSPS) is 10.4. The van der Waals surface area contributed by atoms with Gasteiger partial charge >= 0.3 is 5.69 Å². The van der Waals surface area contributed by atoms with Crippen molar-refractivity contribution in [1.29, 1.82) is 0 Å². The molecular weight excluding hydrogens is 304 g/mol. The predicted octanol–water partition coefficient (Wildman–Crippen LogP) is 1.45. The maximum atomic E-state index is 11.0. The molecule has 0 saturated carbocycles. The fraction of sp³-hybridized carbons (Fsp3) is 0.400. The van der Waals surface area contributed by atoms with Gasteiger partial charge in [-0.05, 0) is 29.8 Å². The number of pyridine rings is 1. The van der Waals surface area contributed by atoms with E-state index in [1.807, 2.05) is 0 Å². The summed E-state index contributed by atoms with van der Waals surface area (Å²) in [5.74, 6) is -0.431. The van der Waals surface area contributed by atoms with E-state index >= 15 is 0 Å². The first-order valence-corrected chi connectivity index (χ1v) is 5.97. The van der Waals surface area contributed by atoms with Crippen LogP contribution < -0.4 is 10.6 Å². The third kappa shape index (κ3) is 3.39. The minimum absolute atomic E-state index is 0.118. The standard InChI is InChI=1S/C10H13BrN4O3/c1-6(2)14(5-9(12)16)10-8(15(17)18)3-7(11)4-13-10/h3-4,6H,5H2,1-2H3,(H2,12,16). The van der Waals surface area contributed by atoms with Crippen LogP contribution in [0.15, 0.2) is 16.7 Å². The molecule has 0 aromatic carbocycles. The van der Waals surface area contributed by atoms with E-state index in [1.165, 1.54) is 17.2 Å². The Bertz CT molecular complexity index is 478. The van der Waals surface area contributed by atoms with Gasteiger partial charge < -0.3 is 10.6 Å². The fourth-order valence-corrected chi connectivity index (χ4v) is 1.77. The first-order chi connectivity index (χ1) is 8.32. The molecule has 1 aromatic rings. The summed E-state index contributed by atoms with van der Waals surface area (Å²) in [5.41, 5.74) is 4.97. The van der Waals surface area contributed by atoms with Crippen LogP contribution in [0.25, 0.3) is 0 Å². The molecule has 8 heteroatoms. The third-order valence-electron chi connectivity index (χ3n) is 2.23. The maximum absolute atomic E-state index is 11.0. The van der Waals surface area contributed by atoms with Gasteiger partial charge in [-0.1, -0.05) is 0 Å². The maximum Gasteiger partial charge on any atom is 0.312 e. The summed E-state index contributed by atoms with van der Waals surface area (Å²) in [7, 11) is 0. The smallest absolute Gasteiger partial charge is 0.312 e. The largest absolute Gasteiger partial charge is 0.368 e.